The third kappa shape index (κ3) is 2.27. The fourth-order valence-corrected chi connectivity index (χ4v) is 2.08. The predicted molar refractivity (Wildman–Crippen MR) is 50.3 cm³/mol. The van der Waals surface area contributed by atoms with Crippen molar-refractivity contribution in [2.24, 2.45) is 5.14 Å². The zero-order valence-electron chi connectivity index (χ0n) is 7.49. The molecule has 9 heteroatoms. The molecular weight excluding hydrogens is 264 g/mol. The first-order valence-electron chi connectivity index (χ1n) is 3.68. The third-order valence-electron chi connectivity index (χ3n) is 1.65. The standard InChI is InChI=1S/C7H4ClF2N3O2S/c8-6-4(16(12,14)15)2-13-3(1-11)5(6)7(9)10/h2,7H,(H2,12,14,15). The minimum absolute atomic E-state index is 0.632. The lowest BCUT2D eigenvalue weighted by Crippen LogP contribution is -2.14. The van der Waals surface area contributed by atoms with Crippen LogP contribution < -0.4 is 5.14 Å². The Bertz CT molecular complexity index is 568. The maximum Gasteiger partial charge on any atom is 0.268 e. The summed E-state index contributed by atoms with van der Waals surface area (Å²) in [4.78, 5) is 2.53. The first-order chi connectivity index (χ1) is 7.29. The van der Waals surface area contributed by atoms with Gasteiger partial charge >= 0.3 is 0 Å². The number of alkyl halides is 2. The van der Waals surface area contributed by atoms with Gasteiger partial charge in [-0.25, -0.2) is 27.3 Å². The molecule has 0 saturated heterocycles. The summed E-state index contributed by atoms with van der Waals surface area (Å²) in [5.74, 6) is 0. The van der Waals surface area contributed by atoms with Gasteiger partial charge in [0, 0.05) is 6.20 Å². The van der Waals surface area contributed by atoms with Gasteiger partial charge in [-0.05, 0) is 0 Å². The normalized spacial score (nSPS) is 11.5. The molecule has 1 rings (SSSR count). The molecule has 0 aliphatic rings. The molecule has 0 radical (unpaired) electrons. The van der Waals surface area contributed by atoms with Gasteiger partial charge in [0.2, 0.25) is 10.0 Å². The van der Waals surface area contributed by atoms with Crippen molar-refractivity contribution in [1.82, 2.24) is 4.98 Å². The lowest BCUT2D eigenvalue weighted by atomic mass is 10.2. The SMILES string of the molecule is N#Cc1ncc(S(N)(=O)=O)c(Cl)c1C(F)F. The van der Waals surface area contributed by atoms with Crippen LogP contribution in [-0.4, -0.2) is 13.4 Å². The van der Waals surface area contributed by atoms with Crippen molar-refractivity contribution in [1.29, 1.82) is 5.26 Å². The molecule has 0 unspecified atom stereocenters. The highest BCUT2D eigenvalue weighted by molar-refractivity contribution is 7.89. The summed E-state index contributed by atoms with van der Waals surface area (Å²) in [6, 6.07) is 1.39. The van der Waals surface area contributed by atoms with Crippen molar-refractivity contribution in [2.45, 2.75) is 11.3 Å². The molecule has 0 amide bonds. The topological polar surface area (TPSA) is 96.8 Å². The minimum Gasteiger partial charge on any atom is -0.244 e. The average Bonchev–Trinajstić information content (AvgIpc) is 2.14. The molecule has 1 aromatic heterocycles. The summed E-state index contributed by atoms with van der Waals surface area (Å²) in [5, 5.41) is 12.5. The third-order valence-corrected chi connectivity index (χ3v) is 3.09. The quantitative estimate of drug-likeness (QED) is 0.870. The molecule has 86 valence electrons. The van der Waals surface area contributed by atoms with Crippen LogP contribution in [0.5, 0.6) is 0 Å². The lowest BCUT2D eigenvalue weighted by Gasteiger charge is -2.07. The van der Waals surface area contributed by atoms with Gasteiger partial charge < -0.3 is 0 Å². The van der Waals surface area contributed by atoms with Gasteiger partial charge in [0.25, 0.3) is 6.43 Å². The molecule has 0 fully saturated rings. The largest absolute Gasteiger partial charge is 0.268 e. The summed E-state index contributed by atoms with van der Waals surface area (Å²) in [7, 11) is -4.25. The van der Waals surface area contributed by atoms with Crippen LogP contribution in [0.25, 0.3) is 0 Å². The Morgan fingerprint density at radius 3 is 2.50 bits per heavy atom. The maximum absolute atomic E-state index is 12.5. The molecule has 16 heavy (non-hydrogen) atoms. The Morgan fingerprint density at radius 2 is 2.12 bits per heavy atom. The van der Waals surface area contributed by atoms with Crippen LogP contribution >= 0.6 is 11.6 Å². The number of nitriles is 1. The molecule has 1 heterocycles. The maximum atomic E-state index is 12.5. The predicted octanol–water partition coefficient (Wildman–Crippen LogP) is 1.19. The van der Waals surface area contributed by atoms with E-state index in [4.69, 9.17) is 22.0 Å². The van der Waals surface area contributed by atoms with E-state index in [1.165, 1.54) is 6.07 Å². The zero-order chi connectivity index (χ0) is 12.5. The molecule has 0 aliphatic carbocycles. The molecule has 0 aromatic carbocycles. The molecule has 0 spiro atoms. The smallest absolute Gasteiger partial charge is 0.244 e. The first-order valence-corrected chi connectivity index (χ1v) is 5.61. The van der Waals surface area contributed by atoms with Crippen molar-refractivity contribution in [3.8, 4) is 6.07 Å². The molecule has 2 N–H and O–H groups in total. The lowest BCUT2D eigenvalue weighted by molar-refractivity contribution is 0.150. The number of primary sulfonamides is 1. The Labute approximate surface area is 94.5 Å². The Hall–Kier alpha value is -1.30. The van der Waals surface area contributed by atoms with Crippen molar-refractivity contribution in [2.75, 3.05) is 0 Å². The van der Waals surface area contributed by atoms with E-state index in [0.717, 1.165) is 0 Å². The van der Waals surface area contributed by atoms with Crippen LogP contribution in [-0.2, 0) is 10.0 Å². The molecule has 1 aromatic rings. The van der Waals surface area contributed by atoms with Crippen LogP contribution in [0.2, 0.25) is 5.02 Å². The van der Waals surface area contributed by atoms with E-state index in [1.807, 2.05) is 0 Å². The van der Waals surface area contributed by atoms with Crippen LogP contribution in [0.1, 0.15) is 17.7 Å². The summed E-state index contributed by atoms with van der Waals surface area (Å²) in [6.45, 7) is 0. The van der Waals surface area contributed by atoms with Crippen molar-refractivity contribution < 1.29 is 17.2 Å². The van der Waals surface area contributed by atoms with E-state index in [2.05, 4.69) is 4.98 Å². The van der Waals surface area contributed by atoms with Gasteiger partial charge in [0.05, 0.1) is 10.6 Å². The van der Waals surface area contributed by atoms with Gasteiger partial charge in [-0.3, -0.25) is 0 Å². The van der Waals surface area contributed by atoms with E-state index in [0.29, 0.717) is 6.20 Å². The van der Waals surface area contributed by atoms with Gasteiger partial charge in [-0.15, -0.1) is 0 Å². The number of pyridine rings is 1. The molecule has 0 bridgehead atoms. The Balaban J connectivity index is 3.65. The number of aromatic nitrogens is 1. The van der Waals surface area contributed by atoms with E-state index in [9.17, 15) is 17.2 Å². The van der Waals surface area contributed by atoms with Gasteiger partial charge in [-0.1, -0.05) is 11.6 Å². The van der Waals surface area contributed by atoms with Gasteiger partial charge in [0.15, 0.2) is 5.69 Å². The van der Waals surface area contributed by atoms with E-state index in [1.54, 1.807) is 0 Å². The monoisotopic (exact) mass is 267 g/mol. The zero-order valence-corrected chi connectivity index (χ0v) is 9.06. The average molecular weight is 268 g/mol. The van der Waals surface area contributed by atoms with Crippen molar-refractivity contribution in [3.05, 3.63) is 22.5 Å². The number of nitrogens with zero attached hydrogens (tertiary/aromatic N) is 2. The van der Waals surface area contributed by atoms with E-state index >= 15 is 0 Å². The number of rotatable bonds is 2. The van der Waals surface area contributed by atoms with Crippen molar-refractivity contribution in [3.63, 3.8) is 0 Å². The van der Waals surface area contributed by atoms with Crippen LogP contribution in [0, 0.1) is 11.3 Å². The van der Waals surface area contributed by atoms with Crippen LogP contribution in [0.4, 0.5) is 8.78 Å². The fourth-order valence-electron chi connectivity index (χ4n) is 0.973. The van der Waals surface area contributed by atoms with Gasteiger partial charge in [-0.2, -0.15) is 5.26 Å². The molecule has 0 atom stereocenters. The highest BCUT2D eigenvalue weighted by Gasteiger charge is 2.25. The summed E-state index contributed by atoms with van der Waals surface area (Å²) in [5.41, 5.74) is -1.57. The van der Waals surface area contributed by atoms with E-state index < -0.39 is 37.6 Å². The number of nitrogens with two attached hydrogens (primary N) is 1. The Kier molecular flexibility index (Phi) is 3.42. The number of halogens is 3. The van der Waals surface area contributed by atoms with Crippen LogP contribution in [0.15, 0.2) is 11.1 Å². The highest BCUT2D eigenvalue weighted by Crippen LogP contribution is 2.32. The molecule has 0 saturated carbocycles. The summed E-state index contributed by atoms with van der Waals surface area (Å²) in [6.07, 6.45) is -2.45. The number of sulfonamides is 1. The van der Waals surface area contributed by atoms with Gasteiger partial charge in [0.1, 0.15) is 11.0 Å². The number of hydrogen-bond donors (Lipinski definition) is 1. The van der Waals surface area contributed by atoms with Crippen molar-refractivity contribution >= 4 is 21.6 Å². The molecule has 0 aliphatic heterocycles. The number of hydrogen-bond acceptors (Lipinski definition) is 4. The second kappa shape index (κ2) is 4.29. The Morgan fingerprint density at radius 1 is 1.56 bits per heavy atom. The minimum atomic E-state index is -4.25. The summed E-state index contributed by atoms with van der Waals surface area (Å²) >= 11 is 5.44. The highest BCUT2D eigenvalue weighted by atomic mass is 35.5. The fraction of sp³-hybridized carbons (Fsp3) is 0.143. The molecular formula is C7H4ClF2N3O2S. The first kappa shape index (κ1) is 12.8. The summed E-state index contributed by atoms with van der Waals surface area (Å²) < 4.78 is 47.0. The second-order valence-electron chi connectivity index (χ2n) is 2.66. The molecule has 5 nitrogen and oxygen atoms in total. The van der Waals surface area contributed by atoms with Crippen LogP contribution in [0.3, 0.4) is 0 Å². The van der Waals surface area contributed by atoms with E-state index in [-0.39, 0.29) is 0 Å². The second-order valence-corrected chi connectivity index (χ2v) is 4.56.